The molecule has 3 aromatic carbocycles. The number of aromatic nitrogens is 2. The van der Waals surface area contributed by atoms with Crippen LogP contribution in [0.5, 0.6) is 0 Å². The van der Waals surface area contributed by atoms with Gasteiger partial charge >= 0.3 is 0 Å². The molecule has 4 rings (SSSR count). The van der Waals surface area contributed by atoms with Crippen molar-refractivity contribution in [3.05, 3.63) is 94.6 Å². The first-order valence-corrected chi connectivity index (χ1v) is 11.8. The second-order valence-corrected chi connectivity index (χ2v) is 9.10. The molecule has 4 heteroatoms. The van der Waals surface area contributed by atoms with Crippen molar-refractivity contribution in [1.82, 2.24) is 9.97 Å². The lowest BCUT2D eigenvalue weighted by Crippen LogP contribution is -2.20. The Bertz CT molecular complexity index is 1200. The van der Waals surface area contributed by atoms with Crippen LogP contribution >= 0.6 is 15.9 Å². The summed E-state index contributed by atoms with van der Waals surface area (Å²) in [4.78, 5) is 11.9. The number of hydrogen-bond acceptors (Lipinski definition) is 3. The summed E-state index contributed by atoms with van der Waals surface area (Å²) in [5.74, 6) is 1.20. The Balaban J connectivity index is 1.69. The van der Waals surface area contributed by atoms with Crippen molar-refractivity contribution in [2.45, 2.75) is 33.6 Å². The molecule has 0 amide bonds. The van der Waals surface area contributed by atoms with Crippen LogP contribution in [0.15, 0.2) is 83.3 Å². The molecular weight excluding hydrogens is 458 g/mol. The summed E-state index contributed by atoms with van der Waals surface area (Å²) in [6.45, 7) is 9.34. The molecule has 3 nitrogen and oxygen atoms in total. The molecule has 0 bridgehead atoms. The van der Waals surface area contributed by atoms with Crippen LogP contribution in [0.1, 0.15) is 37.9 Å². The molecule has 0 unspecified atom stereocenters. The van der Waals surface area contributed by atoms with Crippen LogP contribution in [-0.2, 0) is 0 Å². The molecular formula is C28H28BrN3. The molecule has 0 saturated carbocycles. The van der Waals surface area contributed by atoms with Crippen molar-refractivity contribution in [3.63, 3.8) is 0 Å². The largest absolute Gasteiger partial charge is 0.310 e. The van der Waals surface area contributed by atoms with Crippen molar-refractivity contribution < 1.29 is 0 Å². The van der Waals surface area contributed by atoms with Gasteiger partial charge in [0, 0.05) is 22.3 Å². The monoisotopic (exact) mass is 485 g/mol. The number of rotatable bonds is 6. The minimum absolute atomic E-state index is 0.483. The summed E-state index contributed by atoms with van der Waals surface area (Å²) in [6, 6.07) is 27.6. The molecule has 0 aliphatic rings. The fourth-order valence-corrected chi connectivity index (χ4v) is 4.42. The van der Waals surface area contributed by atoms with Gasteiger partial charge in [-0.1, -0.05) is 74.5 Å². The minimum atomic E-state index is 0.483. The van der Waals surface area contributed by atoms with Gasteiger partial charge in [0.1, 0.15) is 0 Å². The molecule has 0 saturated heterocycles. The predicted octanol–water partition coefficient (Wildman–Crippen LogP) is 8.16. The van der Waals surface area contributed by atoms with Crippen molar-refractivity contribution in [2.75, 3.05) is 11.4 Å². The zero-order valence-corrected chi connectivity index (χ0v) is 20.6. The van der Waals surface area contributed by atoms with Crippen LogP contribution in [0.2, 0.25) is 0 Å². The van der Waals surface area contributed by atoms with Crippen molar-refractivity contribution in [3.8, 4) is 22.4 Å². The molecule has 162 valence electrons. The van der Waals surface area contributed by atoms with Gasteiger partial charge < -0.3 is 4.90 Å². The summed E-state index contributed by atoms with van der Waals surface area (Å²) < 4.78 is 1.06. The van der Waals surface area contributed by atoms with E-state index in [4.69, 9.17) is 9.97 Å². The lowest BCUT2D eigenvalue weighted by Gasteiger charge is -2.24. The second-order valence-electron chi connectivity index (χ2n) is 8.25. The maximum Gasteiger partial charge on any atom is 0.230 e. The van der Waals surface area contributed by atoms with E-state index >= 15 is 0 Å². The molecule has 0 spiro atoms. The molecule has 1 heterocycles. The maximum atomic E-state index is 4.95. The van der Waals surface area contributed by atoms with Crippen LogP contribution < -0.4 is 4.90 Å². The highest BCUT2D eigenvalue weighted by Crippen LogP contribution is 2.34. The van der Waals surface area contributed by atoms with E-state index in [-0.39, 0.29) is 0 Å². The summed E-state index contributed by atoms with van der Waals surface area (Å²) in [7, 11) is 0. The zero-order valence-electron chi connectivity index (χ0n) is 19.0. The SMILES string of the molecule is CCN(c1nc(C)cc(-c2ccc(-c3ccccc3)cc2)n1)c1ccc(C(C)C)cc1Br. The van der Waals surface area contributed by atoms with Crippen LogP contribution in [0, 0.1) is 6.92 Å². The lowest BCUT2D eigenvalue weighted by molar-refractivity contribution is 0.863. The number of anilines is 2. The quantitative estimate of drug-likeness (QED) is 0.275. The molecule has 0 aliphatic carbocycles. The van der Waals surface area contributed by atoms with Crippen molar-refractivity contribution in [2.24, 2.45) is 0 Å². The highest BCUT2D eigenvalue weighted by atomic mass is 79.9. The van der Waals surface area contributed by atoms with E-state index in [1.165, 1.54) is 16.7 Å². The normalized spacial score (nSPS) is 11.1. The third kappa shape index (κ3) is 4.76. The first-order valence-electron chi connectivity index (χ1n) is 11.0. The Kier molecular flexibility index (Phi) is 6.71. The van der Waals surface area contributed by atoms with Crippen LogP contribution in [0.25, 0.3) is 22.4 Å². The molecule has 0 atom stereocenters. The second kappa shape index (κ2) is 9.66. The van der Waals surface area contributed by atoms with Gasteiger partial charge in [-0.2, -0.15) is 0 Å². The van der Waals surface area contributed by atoms with Crippen molar-refractivity contribution in [1.29, 1.82) is 0 Å². The average Bonchev–Trinajstić information content (AvgIpc) is 2.81. The fraction of sp³-hybridized carbons (Fsp3) is 0.214. The Morgan fingerprint density at radius 3 is 2.09 bits per heavy atom. The van der Waals surface area contributed by atoms with E-state index in [0.29, 0.717) is 11.9 Å². The van der Waals surface area contributed by atoms with Gasteiger partial charge in [-0.3, -0.25) is 0 Å². The Morgan fingerprint density at radius 2 is 1.47 bits per heavy atom. The minimum Gasteiger partial charge on any atom is -0.310 e. The molecule has 0 radical (unpaired) electrons. The maximum absolute atomic E-state index is 4.95. The van der Waals surface area contributed by atoms with E-state index in [2.05, 4.69) is 108 Å². The van der Waals surface area contributed by atoms with Gasteiger partial charge in [0.25, 0.3) is 0 Å². The summed E-state index contributed by atoms with van der Waals surface area (Å²) in [5.41, 5.74) is 7.76. The van der Waals surface area contributed by atoms with Gasteiger partial charge in [-0.25, -0.2) is 9.97 Å². The van der Waals surface area contributed by atoms with E-state index in [9.17, 15) is 0 Å². The highest BCUT2D eigenvalue weighted by molar-refractivity contribution is 9.10. The van der Waals surface area contributed by atoms with Gasteiger partial charge in [-0.05, 0) is 70.6 Å². The van der Waals surface area contributed by atoms with Crippen molar-refractivity contribution >= 4 is 27.6 Å². The van der Waals surface area contributed by atoms with Gasteiger partial charge in [0.2, 0.25) is 5.95 Å². The van der Waals surface area contributed by atoms with E-state index in [0.717, 1.165) is 33.7 Å². The average molecular weight is 486 g/mol. The Morgan fingerprint density at radius 1 is 0.812 bits per heavy atom. The molecule has 0 fully saturated rings. The first kappa shape index (κ1) is 22.2. The predicted molar refractivity (Wildman–Crippen MR) is 139 cm³/mol. The van der Waals surface area contributed by atoms with Gasteiger partial charge in [0.05, 0.1) is 11.4 Å². The van der Waals surface area contributed by atoms with E-state index in [1.807, 2.05) is 19.1 Å². The molecule has 4 aromatic rings. The highest BCUT2D eigenvalue weighted by Gasteiger charge is 2.16. The van der Waals surface area contributed by atoms with Gasteiger partial charge in [0.15, 0.2) is 0 Å². The lowest BCUT2D eigenvalue weighted by atomic mass is 10.0. The van der Waals surface area contributed by atoms with Gasteiger partial charge in [-0.15, -0.1) is 0 Å². The summed E-state index contributed by atoms with van der Waals surface area (Å²) >= 11 is 3.77. The zero-order chi connectivity index (χ0) is 22.7. The molecule has 32 heavy (non-hydrogen) atoms. The number of halogens is 1. The number of benzene rings is 3. The summed E-state index contributed by atoms with van der Waals surface area (Å²) in [5, 5.41) is 0. The summed E-state index contributed by atoms with van der Waals surface area (Å²) in [6.07, 6.45) is 0. The topological polar surface area (TPSA) is 29.0 Å². The Hall–Kier alpha value is -2.98. The number of hydrogen-bond donors (Lipinski definition) is 0. The van der Waals surface area contributed by atoms with E-state index in [1.54, 1.807) is 0 Å². The number of aryl methyl sites for hydroxylation is 1. The van der Waals surface area contributed by atoms with Crippen LogP contribution in [-0.4, -0.2) is 16.5 Å². The third-order valence-electron chi connectivity index (χ3n) is 5.62. The first-order chi connectivity index (χ1) is 15.5. The Labute approximate surface area is 199 Å². The molecule has 0 N–H and O–H groups in total. The fourth-order valence-electron chi connectivity index (χ4n) is 3.81. The molecule has 1 aromatic heterocycles. The number of nitrogens with zero attached hydrogens (tertiary/aromatic N) is 3. The van der Waals surface area contributed by atoms with Crippen LogP contribution in [0.4, 0.5) is 11.6 Å². The third-order valence-corrected chi connectivity index (χ3v) is 6.25. The van der Waals surface area contributed by atoms with Crippen LogP contribution in [0.3, 0.4) is 0 Å². The standard InChI is InChI=1S/C28H28BrN3/c1-5-32(27-16-15-24(19(2)3)18-25(27)29)28-30-20(4)17-26(31-28)23-13-11-22(12-14-23)21-9-7-6-8-10-21/h6-19H,5H2,1-4H3. The smallest absolute Gasteiger partial charge is 0.230 e. The van der Waals surface area contributed by atoms with E-state index < -0.39 is 0 Å². The molecule has 0 aliphatic heterocycles.